The van der Waals surface area contributed by atoms with Crippen molar-refractivity contribution in [3.63, 3.8) is 0 Å². The number of carbonyl (C=O) groups is 2. The van der Waals surface area contributed by atoms with Crippen LogP contribution in [-0.4, -0.2) is 30.3 Å². The third-order valence-electron chi connectivity index (χ3n) is 4.17. The molecular weight excluding hydrogens is 336 g/mol. The van der Waals surface area contributed by atoms with Crippen molar-refractivity contribution in [1.82, 2.24) is 0 Å². The van der Waals surface area contributed by atoms with E-state index in [4.69, 9.17) is 4.74 Å². The minimum Gasteiger partial charge on any atom is -0.454 e. The van der Waals surface area contributed by atoms with E-state index in [0.717, 1.165) is 22.8 Å². The van der Waals surface area contributed by atoms with Gasteiger partial charge >= 0.3 is 5.97 Å². The van der Waals surface area contributed by atoms with Crippen molar-refractivity contribution in [3.05, 3.63) is 68.3 Å². The molecule has 0 aliphatic rings. The largest absolute Gasteiger partial charge is 0.454 e. The Kier molecular flexibility index (Phi) is 5.71. The fourth-order valence-corrected chi connectivity index (χ4v) is 2.57. The Morgan fingerprint density at radius 2 is 1.73 bits per heavy atom. The number of nitro groups is 1. The Morgan fingerprint density at radius 1 is 1.08 bits per heavy atom. The Morgan fingerprint density at radius 3 is 2.35 bits per heavy atom. The number of esters is 1. The maximum Gasteiger partial charge on any atom is 0.338 e. The minimum absolute atomic E-state index is 0.0142. The highest BCUT2D eigenvalue weighted by Gasteiger charge is 2.19. The van der Waals surface area contributed by atoms with E-state index in [1.807, 2.05) is 26.8 Å². The molecule has 0 atom stereocenters. The summed E-state index contributed by atoms with van der Waals surface area (Å²) < 4.78 is 5.05. The van der Waals surface area contributed by atoms with Crippen LogP contribution in [0.2, 0.25) is 0 Å². The Labute approximate surface area is 151 Å². The molecule has 0 aliphatic carbocycles. The molecule has 0 saturated heterocycles. The lowest BCUT2D eigenvalue weighted by Gasteiger charge is -2.10. The summed E-state index contributed by atoms with van der Waals surface area (Å²) in [5.74, 6) is -1.11. The van der Waals surface area contributed by atoms with Gasteiger partial charge in [-0.25, -0.2) is 4.79 Å². The molecule has 7 nitrogen and oxygen atoms in total. The highest BCUT2D eigenvalue weighted by Crippen LogP contribution is 2.25. The van der Waals surface area contributed by atoms with Crippen LogP contribution in [0.25, 0.3) is 0 Å². The van der Waals surface area contributed by atoms with Crippen molar-refractivity contribution < 1.29 is 19.2 Å². The fraction of sp³-hybridized carbons (Fsp3) is 0.263. The average molecular weight is 356 g/mol. The van der Waals surface area contributed by atoms with Gasteiger partial charge in [0.1, 0.15) is 5.69 Å². The first kappa shape index (κ1) is 19.1. The number of nitrogens with one attached hydrogen (secondary N) is 1. The molecule has 0 bridgehead atoms. The Hall–Kier alpha value is -3.22. The van der Waals surface area contributed by atoms with E-state index in [0.29, 0.717) is 5.56 Å². The van der Waals surface area contributed by atoms with Crippen molar-refractivity contribution in [3.8, 4) is 0 Å². The number of ether oxygens (including phenoxy) is 1. The number of aryl methyl sites for hydroxylation is 3. The van der Waals surface area contributed by atoms with Gasteiger partial charge in [0, 0.05) is 18.7 Å². The highest BCUT2D eigenvalue weighted by molar-refractivity contribution is 6.00. The molecule has 136 valence electrons. The second-order valence-electron chi connectivity index (χ2n) is 5.99. The molecule has 2 aromatic rings. The van der Waals surface area contributed by atoms with Crippen molar-refractivity contribution in [2.24, 2.45) is 0 Å². The number of carbonyl (C=O) groups excluding carboxylic acids is 2. The number of rotatable bonds is 6. The summed E-state index contributed by atoms with van der Waals surface area (Å²) >= 11 is 0. The zero-order valence-corrected chi connectivity index (χ0v) is 15.1. The number of hydrogen-bond donors (Lipinski definition) is 1. The van der Waals surface area contributed by atoms with Gasteiger partial charge in [0.05, 0.1) is 10.5 Å². The van der Waals surface area contributed by atoms with Gasteiger partial charge in [-0.3, -0.25) is 14.9 Å². The first-order chi connectivity index (χ1) is 12.2. The average Bonchev–Trinajstić information content (AvgIpc) is 2.61. The molecule has 0 amide bonds. The van der Waals surface area contributed by atoms with Crippen molar-refractivity contribution >= 4 is 23.1 Å². The van der Waals surface area contributed by atoms with Crippen LogP contribution in [0.1, 0.15) is 37.4 Å². The lowest BCUT2D eigenvalue weighted by atomic mass is 9.98. The van der Waals surface area contributed by atoms with E-state index >= 15 is 0 Å². The molecule has 26 heavy (non-hydrogen) atoms. The monoisotopic (exact) mass is 356 g/mol. The van der Waals surface area contributed by atoms with Gasteiger partial charge in [-0.1, -0.05) is 6.07 Å². The van der Waals surface area contributed by atoms with Crippen LogP contribution < -0.4 is 5.32 Å². The number of anilines is 1. The number of benzene rings is 2. The molecular formula is C19H20N2O5. The van der Waals surface area contributed by atoms with Gasteiger partial charge in [-0.15, -0.1) is 0 Å². The summed E-state index contributed by atoms with van der Waals surface area (Å²) in [5.41, 5.74) is 3.42. The summed E-state index contributed by atoms with van der Waals surface area (Å²) in [6.07, 6.45) is 0. The Balaban J connectivity index is 2.14. The Bertz CT molecular complexity index is 890. The SMILES string of the molecule is CNc1ccc(C(=O)OCC(=O)c2cc(C)c(C)cc2C)cc1[N+](=O)[O-]. The standard InChI is InChI=1S/C19H20N2O5/c1-11-7-13(3)15(8-12(11)2)18(22)10-26-19(23)14-5-6-16(20-4)17(9-14)21(24)25/h5-9,20H,10H2,1-4H3. The molecule has 2 aromatic carbocycles. The lowest BCUT2D eigenvalue weighted by molar-refractivity contribution is -0.384. The molecule has 0 aliphatic heterocycles. The van der Waals surface area contributed by atoms with Crippen LogP contribution in [0.5, 0.6) is 0 Å². The van der Waals surface area contributed by atoms with Gasteiger partial charge in [-0.2, -0.15) is 0 Å². The zero-order valence-electron chi connectivity index (χ0n) is 15.1. The van der Waals surface area contributed by atoms with Gasteiger partial charge in [-0.05, 0) is 55.7 Å². The van der Waals surface area contributed by atoms with Crippen LogP contribution in [0.15, 0.2) is 30.3 Å². The summed E-state index contributed by atoms with van der Waals surface area (Å²) in [5, 5.41) is 13.7. The van der Waals surface area contributed by atoms with Crippen molar-refractivity contribution in [2.45, 2.75) is 20.8 Å². The number of Topliss-reactive ketones (excluding diaryl/α,β-unsaturated/α-hetero) is 1. The molecule has 1 N–H and O–H groups in total. The highest BCUT2D eigenvalue weighted by atomic mass is 16.6. The third kappa shape index (κ3) is 4.05. The topological polar surface area (TPSA) is 98.5 Å². The fourth-order valence-electron chi connectivity index (χ4n) is 2.57. The van der Waals surface area contributed by atoms with E-state index in [9.17, 15) is 19.7 Å². The second-order valence-corrected chi connectivity index (χ2v) is 5.99. The van der Waals surface area contributed by atoms with Gasteiger partial charge in [0.25, 0.3) is 5.69 Å². The predicted octanol–water partition coefficient (Wildman–Crippen LogP) is 3.60. The third-order valence-corrected chi connectivity index (χ3v) is 4.17. The maximum absolute atomic E-state index is 12.3. The molecule has 0 radical (unpaired) electrons. The number of nitro benzene ring substituents is 1. The van der Waals surface area contributed by atoms with Crippen LogP contribution >= 0.6 is 0 Å². The summed E-state index contributed by atoms with van der Waals surface area (Å²) in [6.45, 7) is 5.25. The van der Waals surface area contributed by atoms with Crippen LogP contribution in [0.4, 0.5) is 11.4 Å². The van der Waals surface area contributed by atoms with E-state index in [-0.39, 0.29) is 22.7 Å². The van der Waals surface area contributed by atoms with Gasteiger partial charge in [0.2, 0.25) is 5.78 Å². The van der Waals surface area contributed by atoms with E-state index in [1.165, 1.54) is 12.1 Å². The normalized spacial score (nSPS) is 10.3. The summed E-state index contributed by atoms with van der Waals surface area (Å²) in [7, 11) is 1.55. The van der Waals surface area contributed by atoms with Crippen molar-refractivity contribution in [1.29, 1.82) is 0 Å². The maximum atomic E-state index is 12.3. The summed E-state index contributed by atoms with van der Waals surface area (Å²) in [4.78, 5) is 35.0. The van der Waals surface area contributed by atoms with Crippen LogP contribution in [-0.2, 0) is 4.74 Å². The number of ketones is 1. The molecule has 0 fully saturated rings. The van der Waals surface area contributed by atoms with Crippen LogP contribution in [0, 0.1) is 30.9 Å². The number of hydrogen-bond acceptors (Lipinski definition) is 6. The molecule has 0 spiro atoms. The van der Waals surface area contributed by atoms with E-state index in [2.05, 4.69) is 5.32 Å². The predicted molar refractivity (Wildman–Crippen MR) is 97.9 cm³/mol. The van der Waals surface area contributed by atoms with Gasteiger partial charge in [0.15, 0.2) is 6.61 Å². The number of nitrogens with zero attached hydrogens (tertiary/aromatic N) is 1. The first-order valence-electron chi connectivity index (χ1n) is 7.99. The minimum atomic E-state index is -0.786. The zero-order chi connectivity index (χ0) is 19.4. The molecule has 7 heteroatoms. The van der Waals surface area contributed by atoms with Crippen LogP contribution in [0.3, 0.4) is 0 Å². The molecule has 0 saturated carbocycles. The lowest BCUT2D eigenvalue weighted by Crippen LogP contribution is -2.16. The quantitative estimate of drug-likeness (QED) is 0.367. The second kappa shape index (κ2) is 7.77. The molecule has 0 heterocycles. The smallest absolute Gasteiger partial charge is 0.338 e. The molecule has 2 rings (SSSR count). The van der Waals surface area contributed by atoms with E-state index in [1.54, 1.807) is 13.1 Å². The molecule has 0 unspecified atom stereocenters. The van der Waals surface area contributed by atoms with Gasteiger partial charge < -0.3 is 10.1 Å². The summed E-state index contributed by atoms with van der Waals surface area (Å²) in [6, 6.07) is 7.63. The van der Waals surface area contributed by atoms with E-state index < -0.39 is 17.5 Å². The van der Waals surface area contributed by atoms with Crippen molar-refractivity contribution in [2.75, 3.05) is 19.0 Å². The first-order valence-corrected chi connectivity index (χ1v) is 7.99. The molecule has 0 aromatic heterocycles.